The van der Waals surface area contributed by atoms with Gasteiger partial charge in [-0.2, -0.15) is 0 Å². The molecule has 0 atom stereocenters. The normalized spacial score (nSPS) is 12.8. The molecule has 0 bridgehead atoms. The number of hydrogen-bond donors (Lipinski definition) is 0. The predicted octanol–water partition coefficient (Wildman–Crippen LogP) is 8.51. The van der Waals surface area contributed by atoms with E-state index in [2.05, 4.69) is 86.6 Å². The van der Waals surface area contributed by atoms with Crippen LogP contribution in [0, 0.1) is 0 Å². The van der Waals surface area contributed by atoms with Crippen LogP contribution in [0.5, 0.6) is 5.75 Å². The van der Waals surface area contributed by atoms with Crippen LogP contribution in [0.2, 0.25) is 0 Å². The topological polar surface area (TPSA) is 22.4 Å². The van der Waals surface area contributed by atoms with Gasteiger partial charge in [-0.15, -0.1) is 0 Å². The van der Waals surface area contributed by atoms with E-state index in [0.717, 1.165) is 22.3 Å². The van der Waals surface area contributed by atoms with E-state index in [4.69, 9.17) is 9.15 Å². The van der Waals surface area contributed by atoms with Gasteiger partial charge in [0.15, 0.2) is 0 Å². The Kier molecular flexibility index (Phi) is 6.19. The molecule has 0 aliphatic carbocycles. The van der Waals surface area contributed by atoms with Gasteiger partial charge in [0.05, 0.1) is 7.11 Å². The molecule has 160 valence electrons. The average Bonchev–Trinajstić information content (AvgIpc) is 2.97. The second-order valence-corrected chi connectivity index (χ2v) is 10.8. The summed E-state index contributed by atoms with van der Waals surface area (Å²) in [6.07, 6.45) is 0. The number of fused-ring (bicyclic) bond motifs is 3. The summed E-state index contributed by atoms with van der Waals surface area (Å²) in [7, 11) is 1.73. The van der Waals surface area contributed by atoms with Crippen molar-refractivity contribution in [1.29, 1.82) is 0 Å². The van der Waals surface area contributed by atoms with Crippen LogP contribution in [0.4, 0.5) is 0 Å². The van der Waals surface area contributed by atoms with Gasteiger partial charge in [-0.05, 0) is 40.0 Å². The lowest BCUT2D eigenvalue weighted by Crippen LogP contribution is -2.16. The monoisotopic (exact) mass is 396 g/mol. The lowest BCUT2D eigenvalue weighted by Gasteiger charge is -2.25. The van der Waals surface area contributed by atoms with Crippen LogP contribution < -0.4 is 4.74 Å². The quantitative estimate of drug-likeness (QED) is 0.411. The maximum Gasteiger partial charge on any atom is 0.139 e. The number of ether oxygens (including phenoxy) is 1. The number of furan rings is 1. The molecule has 29 heavy (non-hydrogen) atoms. The van der Waals surface area contributed by atoms with Gasteiger partial charge in [0.2, 0.25) is 0 Å². The largest absolute Gasteiger partial charge is 0.497 e. The van der Waals surface area contributed by atoms with E-state index in [1.165, 1.54) is 22.1 Å². The molecule has 0 saturated carbocycles. The van der Waals surface area contributed by atoms with E-state index in [-0.39, 0.29) is 16.2 Å². The number of rotatable bonds is 1. The lowest BCUT2D eigenvalue weighted by molar-refractivity contribution is 0.413. The molecule has 2 nitrogen and oxygen atoms in total. The fourth-order valence-corrected chi connectivity index (χ4v) is 3.62. The molecule has 3 rings (SSSR count). The third-order valence-electron chi connectivity index (χ3n) is 5.36. The Morgan fingerprint density at radius 3 is 1.48 bits per heavy atom. The van der Waals surface area contributed by atoms with Crippen molar-refractivity contribution in [1.82, 2.24) is 0 Å². The molecule has 2 heteroatoms. The molecule has 0 aliphatic heterocycles. The van der Waals surface area contributed by atoms with Crippen molar-refractivity contribution in [3.05, 3.63) is 41.0 Å². The summed E-state index contributed by atoms with van der Waals surface area (Å²) >= 11 is 0. The van der Waals surface area contributed by atoms with Gasteiger partial charge in [0, 0.05) is 21.9 Å². The highest BCUT2D eigenvalue weighted by molar-refractivity contribution is 6.08. The summed E-state index contributed by atoms with van der Waals surface area (Å²) in [5.74, 6) is 0.883. The summed E-state index contributed by atoms with van der Waals surface area (Å²) in [6, 6.07) is 8.88. The number of benzene rings is 2. The van der Waals surface area contributed by atoms with Gasteiger partial charge in [0.1, 0.15) is 16.9 Å². The summed E-state index contributed by atoms with van der Waals surface area (Å²) < 4.78 is 12.2. The molecule has 0 fully saturated rings. The molecule has 0 aliphatic rings. The summed E-state index contributed by atoms with van der Waals surface area (Å²) in [6.45, 7) is 24.2. The Labute approximate surface area is 177 Å². The molecule has 1 aromatic heterocycles. The van der Waals surface area contributed by atoms with E-state index in [1.807, 2.05) is 13.8 Å². The van der Waals surface area contributed by atoms with Crippen molar-refractivity contribution in [3.8, 4) is 5.75 Å². The highest BCUT2D eigenvalue weighted by atomic mass is 16.5. The summed E-state index contributed by atoms with van der Waals surface area (Å²) in [5, 5.41) is 2.33. The molecule has 0 spiro atoms. The second-order valence-electron chi connectivity index (χ2n) is 10.8. The van der Waals surface area contributed by atoms with Crippen LogP contribution in [0.3, 0.4) is 0 Å². The van der Waals surface area contributed by atoms with Gasteiger partial charge in [-0.1, -0.05) is 82.2 Å². The minimum Gasteiger partial charge on any atom is -0.497 e. The Morgan fingerprint density at radius 2 is 1.07 bits per heavy atom. The maximum absolute atomic E-state index is 6.58. The first-order valence-corrected chi connectivity index (χ1v) is 10.8. The van der Waals surface area contributed by atoms with Crippen molar-refractivity contribution >= 4 is 21.9 Å². The first kappa shape index (κ1) is 23.3. The maximum atomic E-state index is 6.58. The number of hydrogen-bond acceptors (Lipinski definition) is 2. The average molecular weight is 397 g/mol. The number of methoxy groups -OCH3 is 1. The van der Waals surface area contributed by atoms with Crippen molar-refractivity contribution < 1.29 is 9.15 Å². The van der Waals surface area contributed by atoms with E-state index >= 15 is 0 Å². The Morgan fingerprint density at radius 1 is 0.621 bits per heavy atom. The van der Waals surface area contributed by atoms with E-state index < -0.39 is 0 Å². The van der Waals surface area contributed by atoms with Gasteiger partial charge >= 0.3 is 0 Å². The standard InChI is InChI=1S/C25H34O2.C2H6/c1-23(2,3)15-11-17-18-13-16(26-10)14-20(25(7,8)9)22(18)27-21(17)19(12-15)24(4,5)6;1-2/h11-14H,1-10H3;1-2H3. The van der Waals surface area contributed by atoms with Crippen LogP contribution in [0.25, 0.3) is 21.9 Å². The zero-order chi connectivity index (χ0) is 22.4. The van der Waals surface area contributed by atoms with Gasteiger partial charge < -0.3 is 9.15 Å². The van der Waals surface area contributed by atoms with E-state index in [0.29, 0.717) is 0 Å². The first-order valence-electron chi connectivity index (χ1n) is 10.8. The molecule has 3 aromatic rings. The van der Waals surface area contributed by atoms with Crippen LogP contribution >= 0.6 is 0 Å². The molecule has 0 saturated heterocycles. The van der Waals surface area contributed by atoms with Gasteiger partial charge in [0.25, 0.3) is 0 Å². The molecule has 1 heterocycles. The van der Waals surface area contributed by atoms with Crippen LogP contribution in [0.15, 0.2) is 28.7 Å². The summed E-state index contributed by atoms with van der Waals surface area (Å²) in [4.78, 5) is 0. The molecular formula is C27H40O2. The second kappa shape index (κ2) is 7.70. The van der Waals surface area contributed by atoms with Crippen molar-refractivity contribution in [2.24, 2.45) is 0 Å². The third-order valence-corrected chi connectivity index (χ3v) is 5.36. The Balaban J connectivity index is 0.00000145. The van der Waals surface area contributed by atoms with E-state index in [9.17, 15) is 0 Å². The Hall–Kier alpha value is -1.96. The highest BCUT2D eigenvalue weighted by Crippen LogP contribution is 2.43. The fourth-order valence-electron chi connectivity index (χ4n) is 3.62. The zero-order valence-electron chi connectivity index (χ0n) is 20.6. The smallest absolute Gasteiger partial charge is 0.139 e. The van der Waals surface area contributed by atoms with Crippen LogP contribution in [-0.2, 0) is 16.2 Å². The molecule has 0 N–H and O–H groups in total. The van der Waals surface area contributed by atoms with Crippen molar-refractivity contribution in [2.75, 3.05) is 7.11 Å². The molecule has 0 unspecified atom stereocenters. The Bertz CT molecular complexity index is 1000. The zero-order valence-corrected chi connectivity index (χ0v) is 20.6. The SMILES string of the molecule is CC.COc1cc(C(C)(C)C)c2oc3c(C(C)(C)C)cc(C(C)(C)C)cc3c2c1. The fraction of sp³-hybridized carbons (Fsp3) is 0.556. The van der Waals surface area contributed by atoms with Crippen LogP contribution in [-0.4, -0.2) is 7.11 Å². The minimum atomic E-state index is -0.0323. The molecular weight excluding hydrogens is 356 g/mol. The van der Waals surface area contributed by atoms with Gasteiger partial charge in [-0.25, -0.2) is 0 Å². The van der Waals surface area contributed by atoms with Gasteiger partial charge in [-0.3, -0.25) is 0 Å². The van der Waals surface area contributed by atoms with Crippen LogP contribution in [0.1, 0.15) is 92.9 Å². The third kappa shape index (κ3) is 4.47. The summed E-state index contributed by atoms with van der Waals surface area (Å²) in [5.41, 5.74) is 5.81. The predicted molar refractivity (Wildman–Crippen MR) is 128 cm³/mol. The molecule has 2 aromatic carbocycles. The van der Waals surface area contributed by atoms with Crippen molar-refractivity contribution in [2.45, 2.75) is 92.4 Å². The van der Waals surface area contributed by atoms with E-state index in [1.54, 1.807) is 7.11 Å². The highest BCUT2D eigenvalue weighted by Gasteiger charge is 2.28. The first-order chi connectivity index (χ1) is 13.2. The van der Waals surface area contributed by atoms with Crippen molar-refractivity contribution in [3.63, 3.8) is 0 Å². The minimum absolute atomic E-state index is 0.000627. The molecule has 0 amide bonds. The molecule has 0 radical (unpaired) electrons. The lowest BCUT2D eigenvalue weighted by atomic mass is 9.79.